The van der Waals surface area contributed by atoms with Gasteiger partial charge in [-0.3, -0.25) is 20.4 Å². The number of aryl methyl sites for hydroxylation is 1. The molecule has 25 heavy (non-hydrogen) atoms. The molecule has 130 valence electrons. The first-order chi connectivity index (χ1) is 12.2. The Hall–Kier alpha value is -2.47. The van der Waals surface area contributed by atoms with Gasteiger partial charge in [-0.15, -0.1) is 11.8 Å². The van der Waals surface area contributed by atoms with Crippen molar-refractivity contribution in [2.75, 3.05) is 24.2 Å². The van der Waals surface area contributed by atoms with E-state index in [-0.39, 0.29) is 18.4 Å². The van der Waals surface area contributed by atoms with Gasteiger partial charge in [0.25, 0.3) is 11.8 Å². The van der Waals surface area contributed by atoms with Crippen LogP contribution in [0.25, 0.3) is 0 Å². The second-order valence-electron chi connectivity index (χ2n) is 5.88. The highest BCUT2D eigenvalue weighted by Crippen LogP contribution is 2.26. The van der Waals surface area contributed by atoms with Crippen molar-refractivity contribution in [2.24, 2.45) is 0 Å². The monoisotopic (exact) mass is 355 g/mol. The number of hydrogen-bond acceptors (Lipinski definition) is 4. The summed E-state index contributed by atoms with van der Waals surface area (Å²) in [5.74, 6) is -0.550. The van der Waals surface area contributed by atoms with Crippen molar-refractivity contribution in [3.63, 3.8) is 0 Å². The molecule has 2 aromatic carbocycles. The summed E-state index contributed by atoms with van der Waals surface area (Å²) < 4.78 is 0. The molecule has 0 radical (unpaired) electrons. The molecule has 2 aromatic rings. The summed E-state index contributed by atoms with van der Waals surface area (Å²) in [6, 6.07) is 15.4. The maximum Gasteiger partial charge on any atom is 0.269 e. The van der Waals surface area contributed by atoms with E-state index in [1.165, 1.54) is 5.56 Å². The van der Waals surface area contributed by atoms with Crippen LogP contribution in [0.15, 0.2) is 53.4 Å². The number of hydrazine groups is 1. The largest absolute Gasteiger partial charge is 0.362 e. The topological polar surface area (TPSA) is 61.4 Å². The first kappa shape index (κ1) is 17.4. The summed E-state index contributed by atoms with van der Waals surface area (Å²) in [5, 5.41) is 0. The Bertz CT molecular complexity index is 762. The van der Waals surface area contributed by atoms with Crippen molar-refractivity contribution < 1.29 is 9.59 Å². The average Bonchev–Trinajstić information content (AvgIpc) is 2.66. The number of benzene rings is 2. The molecule has 0 aromatic heterocycles. The molecule has 3 rings (SSSR count). The number of thioether (sulfide) groups is 1. The first-order valence-electron chi connectivity index (χ1n) is 8.23. The predicted molar refractivity (Wildman–Crippen MR) is 101 cm³/mol. The number of nitrogens with one attached hydrogen (secondary N) is 2. The third-order valence-electron chi connectivity index (χ3n) is 4.21. The minimum absolute atomic E-state index is 0.225. The van der Waals surface area contributed by atoms with Crippen LogP contribution in [0, 0.1) is 0 Å². The van der Waals surface area contributed by atoms with Gasteiger partial charge in [0, 0.05) is 22.7 Å². The lowest BCUT2D eigenvalue weighted by Gasteiger charge is -2.30. The Kier molecular flexibility index (Phi) is 5.60. The Morgan fingerprint density at radius 3 is 2.60 bits per heavy atom. The van der Waals surface area contributed by atoms with Gasteiger partial charge in [-0.05, 0) is 55.0 Å². The van der Waals surface area contributed by atoms with E-state index in [1.807, 2.05) is 41.5 Å². The molecule has 2 N–H and O–H groups in total. The van der Waals surface area contributed by atoms with Crippen LogP contribution in [0.4, 0.5) is 5.69 Å². The van der Waals surface area contributed by atoms with E-state index in [4.69, 9.17) is 0 Å². The number of nitrogens with zero attached hydrogens (tertiary/aromatic N) is 1. The Morgan fingerprint density at radius 1 is 1.08 bits per heavy atom. The highest BCUT2D eigenvalue weighted by Gasteiger charge is 2.18. The summed E-state index contributed by atoms with van der Waals surface area (Å²) in [6.07, 6.45) is 4.05. The van der Waals surface area contributed by atoms with Gasteiger partial charge in [0.15, 0.2) is 0 Å². The fraction of sp³-hybridized carbons (Fsp3) is 0.263. The molecule has 0 fully saturated rings. The van der Waals surface area contributed by atoms with E-state index in [9.17, 15) is 9.59 Å². The van der Waals surface area contributed by atoms with Crippen molar-refractivity contribution in [1.29, 1.82) is 0 Å². The standard InChI is InChI=1S/C19H21N3O2S/c1-25-16-10-8-15(9-11-16)19(24)21-20-18(23)13-22-12-4-6-14-5-2-3-7-17(14)22/h2-3,5,7-11H,4,6,12-13H2,1H3,(H,20,23)(H,21,24). The number of hydrogen-bond donors (Lipinski definition) is 2. The van der Waals surface area contributed by atoms with Crippen molar-refractivity contribution in [2.45, 2.75) is 17.7 Å². The lowest BCUT2D eigenvalue weighted by Crippen LogP contribution is -2.47. The van der Waals surface area contributed by atoms with Gasteiger partial charge in [-0.1, -0.05) is 18.2 Å². The molecule has 0 bridgehead atoms. The Morgan fingerprint density at radius 2 is 1.84 bits per heavy atom. The molecule has 0 aliphatic carbocycles. The maximum atomic E-state index is 12.2. The number of para-hydroxylation sites is 1. The average molecular weight is 355 g/mol. The zero-order chi connectivity index (χ0) is 17.6. The lowest BCUT2D eigenvalue weighted by atomic mass is 10.0. The normalized spacial score (nSPS) is 13.1. The van der Waals surface area contributed by atoms with Crippen LogP contribution in [-0.2, 0) is 11.2 Å². The quantitative estimate of drug-likeness (QED) is 0.654. The number of carbonyl (C=O) groups excluding carboxylic acids is 2. The number of fused-ring (bicyclic) bond motifs is 1. The third kappa shape index (κ3) is 4.33. The maximum absolute atomic E-state index is 12.2. The van der Waals surface area contributed by atoms with E-state index in [0.717, 1.165) is 30.0 Å². The number of carbonyl (C=O) groups is 2. The molecular formula is C19H21N3O2S. The lowest BCUT2D eigenvalue weighted by molar-refractivity contribution is -0.120. The van der Waals surface area contributed by atoms with Crippen LogP contribution >= 0.6 is 11.8 Å². The fourth-order valence-corrected chi connectivity index (χ4v) is 3.34. The van der Waals surface area contributed by atoms with Gasteiger partial charge in [0.1, 0.15) is 0 Å². The highest BCUT2D eigenvalue weighted by molar-refractivity contribution is 7.98. The molecular weight excluding hydrogens is 334 g/mol. The number of amides is 2. The number of rotatable bonds is 4. The van der Waals surface area contributed by atoms with Gasteiger partial charge >= 0.3 is 0 Å². The minimum Gasteiger partial charge on any atom is -0.362 e. The van der Waals surface area contributed by atoms with Gasteiger partial charge in [0.2, 0.25) is 0 Å². The second kappa shape index (κ2) is 8.07. The molecule has 5 nitrogen and oxygen atoms in total. The van der Waals surface area contributed by atoms with E-state index in [2.05, 4.69) is 16.9 Å². The summed E-state index contributed by atoms with van der Waals surface area (Å²) in [5.41, 5.74) is 7.86. The van der Waals surface area contributed by atoms with Gasteiger partial charge < -0.3 is 4.90 Å². The summed E-state index contributed by atoms with van der Waals surface area (Å²) in [4.78, 5) is 27.4. The predicted octanol–water partition coefficient (Wildman–Crippen LogP) is 2.62. The minimum atomic E-state index is -0.319. The van der Waals surface area contributed by atoms with Gasteiger partial charge in [0.05, 0.1) is 6.54 Å². The molecule has 1 heterocycles. The van der Waals surface area contributed by atoms with Crippen LogP contribution < -0.4 is 15.8 Å². The zero-order valence-electron chi connectivity index (χ0n) is 14.1. The van der Waals surface area contributed by atoms with E-state index >= 15 is 0 Å². The van der Waals surface area contributed by atoms with Crippen LogP contribution in [0.3, 0.4) is 0 Å². The molecule has 2 amide bonds. The van der Waals surface area contributed by atoms with Crippen LogP contribution in [0.1, 0.15) is 22.3 Å². The Labute approximate surface area is 151 Å². The summed E-state index contributed by atoms with van der Waals surface area (Å²) >= 11 is 1.61. The van der Waals surface area contributed by atoms with E-state index in [0.29, 0.717) is 5.56 Å². The zero-order valence-corrected chi connectivity index (χ0v) is 14.9. The molecule has 0 spiro atoms. The molecule has 0 saturated heterocycles. The van der Waals surface area contributed by atoms with Crippen molar-refractivity contribution in [3.8, 4) is 0 Å². The molecule has 1 aliphatic heterocycles. The second-order valence-corrected chi connectivity index (χ2v) is 6.76. The SMILES string of the molecule is CSc1ccc(C(=O)NNC(=O)CN2CCCc3ccccc32)cc1. The molecule has 1 aliphatic rings. The summed E-state index contributed by atoms with van der Waals surface area (Å²) in [6.45, 7) is 1.07. The van der Waals surface area contributed by atoms with Crippen LogP contribution in [-0.4, -0.2) is 31.2 Å². The molecule has 0 saturated carbocycles. The Balaban J connectivity index is 1.54. The van der Waals surface area contributed by atoms with Crippen molar-refractivity contribution >= 4 is 29.3 Å². The fourth-order valence-electron chi connectivity index (χ4n) is 2.93. The molecule has 0 unspecified atom stereocenters. The van der Waals surface area contributed by atoms with Gasteiger partial charge in [-0.25, -0.2) is 0 Å². The van der Waals surface area contributed by atoms with Crippen LogP contribution in [0.5, 0.6) is 0 Å². The summed E-state index contributed by atoms with van der Waals surface area (Å²) in [7, 11) is 0. The molecule has 0 atom stereocenters. The first-order valence-corrected chi connectivity index (χ1v) is 9.46. The van der Waals surface area contributed by atoms with Gasteiger partial charge in [-0.2, -0.15) is 0 Å². The smallest absolute Gasteiger partial charge is 0.269 e. The highest BCUT2D eigenvalue weighted by atomic mass is 32.2. The van der Waals surface area contributed by atoms with E-state index < -0.39 is 0 Å². The van der Waals surface area contributed by atoms with E-state index in [1.54, 1.807) is 23.9 Å². The third-order valence-corrected chi connectivity index (χ3v) is 4.95. The molecule has 6 heteroatoms. The van der Waals surface area contributed by atoms with Crippen molar-refractivity contribution in [1.82, 2.24) is 10.9 Å². The number of anilines is 1. The van der Waals surface area contributed by atoms with Crippen molar-refractivity contribution in [3.05, 3.63) is 59.7 Å². The van der Waals surface area contributed by atoms with Crippen LogP contribution in [0.2, 0.25) is 0 Å².